The summed E-state index contributed by atoms with van der Waals surface area (Å²) in [6.07, 6.45) is 7.16. The second-order valence-corrected chi connectivity index (χ2v) is 6.32. The third-order valence-corrected chi connectivity index (χ3v) is 4.93. The van der Waals surface area contributed by atoms with Crippen LogP contribution in [0.15, 0.2) is 36.7 Å². The zero-order chi connectivity index (χ0) is 15.4. The van der Waals surface area contributed by atoms with Crippen LogP contribution in [0.1, 0.15) is 49.8 Å². The number of nitrogens with zero attached hydrogens (tertiary/aromatic N) is 2. The second-order valence-electron chi connectivity index (χ2n) is 5.94. The zero-order valence-corrected chi connectivity index (χ0v) is 13.7. The number of rotatable bonds is 4. The van der Waals surface area contributed by atoms with Crippen molar-refractivity contribution in [2.75, 3.05) is 5.32 Å². The maximum Gasteiger partial charge on any atom is 0.148 e. The molecule has 0 spiro atoms. The number of hydrogen-bond acceptors (Lipinski definition) is 3. The van der Waals surface area contributed by atoms with Crippen LogP contribution in [0, 0.1) is 0 Å². The number of halogens is 1. The van der Waals surface area contributed by atoms with Crippen LogP contribution in [0.3, 0.4) is 0 Å². The topological polar surface area (TPSA) is 37.8 Å². The fourth-order valence-electron chi connectivity index (χ4n) is 3.24. The minimum absolute atomic E-state index is 0.456. The Balaban J connectivity index is 1.61. The van der Waals surface area contributed by atoms with Crippen LogP contribution in [-0.4, -0.2) is 16.0 Å². The maximum absolute atomic E-state index is 6.37. The predicted octanol–water partition coefficient (Wildman–Crippen LogP) is 4.83. The smallest absolute Gasteiger partial charge is 0.148 e. The van der Waals surface area contributed by atoms with Gasteiger partial charge in [-0.2, -0.15) is 0 Å². The van der Waals surface area contributed by atoms with E-state index in [1.165, 1.54) is 18.4 Å². The lowest BCUT2D eigenvalue weighted by Crippen LogP contribution is -2.26. The highest BCUT2D eigenvalue weighted by Crippen LogP contribution is 2.34. The summed E-state index contributed by atoms with van der Waals surface area (Å²) in [6.45, 7) is 2.06. The number of anilines is 1. The fourth-order valence-corrected chi connectivity index (χ4v) is 3.53. The van der Waals surface area contributed by atoms with Crippen molar-refractivity contribution in [3.8, 4) is 0 Å². The van der Waals surface area contributed by atoms with Crippen LogP contribution >= 0.6 is 11.6 Å². The molecular formula is C18H22ClN3. The third kappa shape index (κ3) is 3.41. The average molecular weight is 316 g/mol. The summed E-state index contributed by atoms with van der Waals surface area (Å²) >= 11 is 6.37. The van der Waals surface area contributed by atoms with Gasteiger partial charge in [-0.05, 0) is 43.6 Å². The van der Waals surface area contributed by atoms with E-state index >= 15 is 0 Å². The number of hydrogen-bond donors (Lipinski definition) is 1. The molecule has 1 N–H and O–H groups in total. The quantitative estimate of drug-likeness (QED) is 0.878. The first kappa shape index (κ1) is 15.3. The number of benzene rings is 1. The van der Waals surface area contributed by atoms with Crippen LogP contribution in [-0.2, 0) is 6.42 Å². The summed E-state index contributed by atoms with van der Waals surface area (Å²) in [7, 11) is 0. The van der Waals surface area contributed by atoms with E-state index in [1.807, 2.05) is 0 Å². The van der Waals surface area contributed by atoms with E-state index in [2.05, 4.69) is 52.5 Å². The first-order chi connectivity index (χ1) is 10.8. The van der Waals surface area contributed by atoms with Crippen LogP contribution in [0.25, 0.3) is 0 Å². The van der Waals surface area contributed by atoms with Crippen molar-refractivity contribution in [3.05, 3.63) is 52.9 Å². The van der Waals surface area contributed by atoms with E-state index in [4.69, 9.17) is 11.6 Å². The molecule has 0 amide bonds. The van der Waals surface area contributed by atoms with E-state index in [1.54, 1.807) is 6.33 Å². The summed E-state index contributed by atoms with van der Waals surface area (Å²) in [4.78, 5) is 8.52. The van der Waals surface area contributed by atoms with Gasteiger partial charge in [0.15, 0.2) is 0 Å². The van der Waals surface area contributed by atoms with Crippen LogP contribution in [0.4, 0.5) is 5.82 Å². The monoisotopic (exact) mass is 315 g/mol. The Morgan fingerprint density at radius 3 is 2.50 bits per heavy atom. The third-order valence-electron chi connectivity index (χ3n) is 4.54. The Morgan fingerprint density at radius 2 is 1.82 bits per heavy atom. The molecule has 0 saturated heterocycles. The molecule has 1 aliphatic carbocycles. The Morgan fingerprint density at radius 1 is 1.09 bits per heavy atom. The van der Waals surface area contributed by atoms with E-state index in [9.17, 15) is 0 Å². The molecular weight excluding hydrogens is 294 g/mol. The molecule has 1 aliphatic rings. The molecule has 0 unspecified atom stereocenters. The van der Waals surface area contributed by atoms with E-state index in [-0.39, 0.29) is 0 Å². The molecule has 3 nitrogen and oxygen atoms in total. The number of aromatic nitrogens is 2. The van der Waals surface area contributed by atoms with Crippen molar-refractivity contribution < 1.29 is 0 Å². The minimum atomic E-state index is 0.456. The molecule has 0 radical (unpaired) electrons. The summed E-state index contributed by atoms with van der Waals surface area (Å²) in [5.74, 6) is 1.48. The molecule has 0 aliphatic heterocycles. The van der Waals surface area contributed by atoms with Gasteiger partial charge in [-0.25, -0.2) is 9.97 Å². The summed E-state index contributed by atoms with van der Waals surface area (Å²) in [5.41, 5.74) is 2.38. The molecule has 4 heteroatoms. The van der Waals surface area contributed by atoms with Crippen molar-refractivity contribution in [2.24, 2.45) is 0 Å². The fraction of sp³-hybridized carbons (Fsp3) is 0.444. The number of nitrogens with one attached hydrogen (secondary N) is 1. The number of aryl methyl sites for hydroxylation is 1. The molecule has 22 heavy (non-hydrogen) atoms. The molecule has 1 fully saturated rings. The normalized spacial score (nSPS) is 21.5. The molecule has 116 valence electrons. The van der Waals surface area contributed by atoms with Crippen molar-refractivity contribution in [2.45, 2.75) is 51.0 Å². The lowest BCUT2D eigenvalue weighted by molar-refractivity contribution is 0.411. The van der Waals surface area contributed by atoms with Gasteiger partial charge >= 0.3 is 0 Å². The lowest BCUT2D eigenvalue weighted by Gasteiger charge is -2.30. The van der Waals surface area contributed by atoms with Crippen LogP contribution in [0.2, 0.25) is 5.02 Å². The van der Waals surface area contributed by atoms with Crippen molar-refractivity contribution >= 4 is 17.4 Å². The largest absolute Gasteiger partial charge is 0.366 e. The molecule has 1 saturated carbocycles. The molecule has 2 aromatic rings. The Labute approximate surface area is 137 Å². The highest BCUT2D eigenvalue weighted by Gasteiger charge is 2.23. The average Bonchev–Trinajstić information content (AvgIpc) is 2.58. The van der Waals surface area contributed by atoms with Gasteiger partial charge in [0, 0.05) is 6.04 Å². The standard InChI is InChI=1S/C18H22ClN3/c1-2-16-17(19)18(21-12-20-16)22-15-10-8-14(9-11-15)13-6-4-3-5-7-13/h3-7,12,14-15H,2,8-11H2,1H3,(H,20,21,22). The van der Waals surface area contributed by atoms with Crippen LogP contribution < -0.4 is 5.32 Å². The van der Waals surface area contributed by atoms with Gasteiger partial charge in [-0.3, -0.25) is 0 Å². The first-order valence-electron chi connectivity index (χ1n) is 8.08. The molecule has 1 heterocycles. The molecule has 1 aromatic heterocycles. The Kier molecular flexibility index (Phi) is 4.94. The van der Waals surface area contributed by atoms with Gasteiger partial charge in [0.2, 0.25) is 0 Å². The Bertz CT molecular complexity index is 607. The Hall–Kier alpha value is -1.61. The molecule has 0 bridgehead atoms. The molecule has 1 aromatic carbocycles. The highest BCUT2D eigenvalue weighted by atomic mass is 35.5. The van der Waals surface area contributed by atoms with Crippen molar-refractivity contribution in [1.82, 2.24) is 9.97 Å². The first-order valence-corrected chi connectivity index (χ1v) is 8.46. The van der Waals surface area contributed by atoms with E-state index in [0.29, 0.717) is 17.0 Å². The van der Waals surface area contributed by atoms with E-state index in [0.717, 1.165) is 30.8 Å². The van der Waals surface area contributed by atoms with E-state index < -0.39 is 0 Å². The zero-order valence-electron chi connectivity index (χ0n) is 12.9. The highest BCUT2D eigenvalue weighted by molar-refractivity contribution is 6.33. The summed E-state index contributed by atoms with van der Waals surface area (Å²) in [6, 6.07) is 11.3. The van der Waals surface area contributed by atoms with Gasteiger partial charge in [0.05, 0.1) is 5.69 Å². The van der Waals surface area contributed by atoms with Gasteiger partial charge in [-0.1, -0.05) is 48.9 Å². The van der Waals surface area contributed by atoms with Gasteiger partial charge in [-0.15, -0.1) is 0 Å². The van der Waals surface area contributed by atoms with Gasteiger partial charge in [0.1, 0.15) is 17.2 Å². The van der Waals surface area contributed by atoms with Crippen LogP contribution in [0.5, 0.6) is 0 Å². The predicted molar refractivity (Wildman–Crippen MR) is 91.5 cm³/mol. The molecule has 0 atom stereocenters. The molecule has 3 rings (SSSR count). The SMILES string of the molecule is CCc1ncnc(NC2CCC(c3ccccc3)CC2)c1Cl. The maximum atomic E-state index is 6.37. The summed E-state index contributed by atoms with van der Waals surface area (Å²) < 4.78 is 0. The van der Waals surface area contributed by atoms with Gasteiger partial charge in [0.25, 0.3) is 0 Å². The second kappa shape index (κ2) is 7.10. The van der Waals surface area contributed by atoms with Crippen molar-refractivity contribution in [3.63, 3.8) is 0 Å². The van der Waals surface area contributed by atoms with Gasteiger partial charge < -0.3 is 5.32 Å². The minimum Gasteiger partial charge on any atom is -0.366 e. The summed E-state index contributed by atoms with van der Waals surface area (Å²) in [5, 5.41) is 4.19. The lowest BCUT2D eigenvalue weighted by atomic mass is 9.82. The van der Waals surface area contributed by atoms with Crippen molar-refractivity contribution in [1.29, 1.82) is 0 Å².